The van der Waals surface area contributed by atoms with E-state index in [9.17, 15) is 19.2 Å². The standard InChI is InChI=1S/C23H22N2O6/c1-12-9-25(10-13(2)31-12)18(26)11-30-23(29)17-8-7-16-19(20(17)24)22(28)15-6-4-3-5-14(15)21(16)27/h3-8,12-13H,9-11,24H2,1-2H3/t12-,13+. The first kappa shape index (κ1) is 20.7. The Morgan fingerprint density at radius 1 is 1.00 bits per heavy atom. The summed E-state index contributed by atoms with van der Waals surface area (Å²) < 4.78 is 10.8. The molecule has 0 spiro atoms. The van der Waals surface area contributed by atoms with Crippen molar-refractivity contribution < 1.29 is 28.7 Å². The Hall–Kier alpha value is -3.52. The van der Waals surface area contributed by atoms with Crippen LogP contribution >= 0.6 is 0 Å². The number of amides is 1. The third kappa shape index (κ3) is 3.70. The Labute approximate surface area is 178 Å². The van der Waals surface area contributed by atoms with Crippen LogP contribution in [0.25, 0.3) is 0 Å². The summed E-state index contributed by atoms with van der Waals surface area (Å²) in [5, 5.41) is 0. The lowest BCUT2D eigenvalue weighted by atomic mass is 9.82. The monoisotopic (exact) mass is 422 g/mol. The van der Waals surface area contributed by atoms with Crippen molar-refractivity contribution in [2.75, 3.05) is 25.4 Å². The lowest BCUT2D eigenvalue weighted by Gasteiger charge is -2.35. The van der Waals surface area contributed by atoms with Crippen molar-refractivity contribution >= 4 is 29.1 Å². The van der Waals surface area contributed by atoms with Crippen molar-refractivity contribution in [1.82, 2.24) is 4.90 Å². The zero-order chi connectivity index (χ0) is 22.3. The third-order valence-corrected chi connectivity index (χ3v) is 5.45. The Kier molecular flexibility index (Phi) is 5.32. The molecule has 0 bridgehead atoms. The number of benzene rings is 2. The maximum absolute atomic E-state index is 12.9. The van der Waals surface area contributed by atoms with E-state index < -0.39 is 18.4 Å². The first-order valence-corrected chi connectivity index (χ1v) is 9.99. The fraction of sp³-hybridized carbons (Fsp3) is 0.304. The Morgan fingerprint density at radius 3 is 2.26 bits per heavy atom. The van der Waals surface area contributed by atoms with Crippen LogP contribution in [0.15, 0.2) is 36.4 Å². The molecular formula is C23H22N2O6. The van der Waals surface area contributed by atoms with E-state index >= 15 is 0 Å². The van der Waals surface area contributed by atoms with Crippen LogP contribution in [0.5, 0.6) is 0 Å². The number of esters is 1. The fourth-order valence-corrected chi connectivity index (χ4v) is 4.07. The van der Waals surface area contributed by atoms with E-state index in [0.717, 1.165) is 0 Å². The molecule has 2 N–H and O–H groups in total. The summed E-state index contributed by atoms with van der Waals surface area (Å²) in [7, 11) is 0. The van der Waals surface area contributed by atoms with Crippen molar-refractivity contribution in [2.24, 2.45) is 0 Å². The molecule has 1 saturated heterocycles. The Morgan fingerprint density at radius 2 is 1.61 bits per heavy atom. The predicted octanol–water partition coefficient (Wildman–Crippen LogP) is 1.84. The van der Waals surface area contributed by atoms with E-state index in [0.29, 0.717) is 18.7 Å². The van der Waals surface area contributed by atoms with Crippen LogP contribution in [-0.2, 0) is 14.3 Å². The van der Waals surface area contributed by atoms with E-state index in [1.165, 1.54) is 12.1 Å². The molecule has 1 aliphatic carbocycles. The maximum Gasteiger partial charge on any atom is 0.340 e. The molecule has 8 heteroatoms. The van der Waals surface area contributed by atoms with Gasteiger partial charge < -0.3 is 20.1 Å². The summed E-state index contributed by atoms with van der Waals surface area (Å²) in [4.78, 5) is 52.3. The summed E-state index contributed by atoms with van der Waals surface area (Å²) in [6.07, 6.45) is -0.211. The number of nitrogens with zero attached hydrogens (tertiary/aromatic N) is 1. The van der Waals surface area contributed by atoms with Gasteiger partial charge in [-0.05, 0) is 26.0 Å². The van der Waals surface area contributed by atoms with Gasteiger partial charge in [-0.25, -0.2) is 4.79 Å². The van der Waals surface area contributed by atoms with E-state index in [1.54, 1.807) is 29.2 Å². The van der Waals surface area contributed by atoms with Gasteiger partial charge in [0.05, 0.1) is 29.0 Å². The van der Waals surface area contributed by atoms with Gasteiger partial charge in [-0.2, -0.15) is 0 Å². The largest absolute Gasteiger partial charge is 0.452 e. The molecule has 4 rings (SSSR count). The zero-order valence-corrected chi connectivity index (χ0v) is 17.2. The molecule has 2 aliphatic rings. The summed E-state index contributed by atoms with van der Waals surface area (Å²) in [6, 6.07) is 9.20. The van der Waals surface area contributed by atoms with Crippen LogP contribution in [0.1, 0.15) is 56.0 Å². The molecule has 8 nitrogen and oxygen atoms in total. The minimum Gasteiger partial charge on any atom is -0.452 e. The van der Waals surface area contributed by atoms with Gasteiger partial charge in [0.2, 0.25) is 0 Å². The van der Waals surface area contributed by atoms with E-state index in [4.69, 9.17) is 15.2 Å². The SMILES string of the molecule is C[C@@H]1CN(C(=O)COC(=O)c2ccc3c(c2N)C(=O)c2ccccc2C3=O)C[C@H](C)O1. The molecule has 1 heterocycles. The molecule has 0 unspecified atom stereocenters. The zero-order valence-electron chi connectivity index (χ0n) is 17.2. The molecule has 1 fully saturated rings. The number of morpholine rings is 1. The number of hydrogen-bond acceptors (Lipinski definition) is 7. The molecular weight excluding hydrogens is 400 g/mol. The first-order chi connectivity index (χ1) is 14.8. The van der Waals surface area contributed by atoms with Gasteiger partial charge in [-0.1, -0.05) is 24.3 Å². The molecule has 2 aromatic carbocycles. The molecule has 31 heavy (non-hydrogen) atoms. The second kappa shape index (κ2) is 7.96. The minimum absolute atomic E-state index is 0.0136. The van der Waals surface area contributed by atoms with Crippen LogP contribution in [0.2, 0.25) is 0 Å². The van der Waals surface area contributed by atoms with E-state index in [2.05, 4.69) is 0 Å². The number of nitrogens with two attached hydrogens (primary N) is 1. The summed E-state index contributed by atoms with van der Waals surface area (Å²) in [6.45, 7) is 4.11. The topological polar surface area (TPSA) is 116 Å². The second-order valence-corrected chi connectivity index (χ2v) is 7.79. The van der Waals surface area contributed by atoms with Crippen molar-refractivity contribution in [3.8, 4) is 0 Å². The van der Waals surface area contributed by atoms with Crippen LogP contribution < -0.4 is 5.73 Å². The van der Waals surface area contributed by atoms with Crippen molar-refractivity contribution in [3.05, 3.63) is 64.2 Å². The number of carbonyl (C=O) groups excluding carboxylic acids is 4. The normalized spacial score (nSPS) is 20.1. The van der Waals surface area contributed by atoms with Gasteiger partial charge in [0.25, 0.3) is 5.91 Å². The molecule has 2 atom stereocenters. The molecule has 0 saturated carbocycles. The number of anilines is 1. The summed E-state index contributed by atoms with van der Waals surface area (Å²) in [5.41, 5.74) is 6.60. The van der Waals surface area contributed by atoms with E-state index in [1.807, 2.05) is 13.8 Å². The average Bonchev–Trinajstić information content (AvgIpc) is 2.74. The van der Waals surface area contributed by atoms with Gasteiger partial charge in [0, 0.05) is 29.8 Å². The number of hydrogen-bond donors (Lipinski definition) is 1. The minimum atomic E-state index is -0.831. The molecule has 0 radical (unpaired) electrons. The lowest BCUT2D eigenvalue weighted by molar-refractivity contribution is -0.146. The highest BCUT2D eigenvalue weighted by atomic mass is 16.5. The third-order valence-electron chi connectivity index (χ3n) is 5.45. The van der Waals surface area contributed by atoms with Gasteiger partial charge in [0.15, 0.2) is 18.2 Å². The first-order valence-electron chi connectivity index (χ1n) is 9.99. The van der Waals surface area contributed by atoms with Gasteiger partial charge in [-0.15, -0.1) is 0 Å². The molecule has 1 amide bonds. The van der Waals surface area contributed by atoms with Crippen molar-refractivity contribution in [2.45, 2.75) is 26.1 Å². The number of fused-ring (bicyclic) bond motifs is 2. The Balaban J connectivity index is 1.53. The molecule has 0 aromatic heterocycles. The second-order valence-electron chi connectivity index (χ2n) is 7.79. The fourth-order valence-electron chi connectivity index (χ4n) is 4.07. The van der Waals surface area contributed by atoms with Gasteiger partial charge >= 0.3 is 5.97 Å². The maximum atomic E-state index is 12.9. The number of rotatable bonds is 3. The summed E-state index contributed by atoms with van der Waals surface area (Å²) in [5.74, 6) is -1.93. The highest BCUT2D eigenvalue weighted by Crippen LogP contribution is 2.32. The van der Waals surface area contributed by atoms with Gasteiger partial charge in [-0.3, -0.25) is 14.4 Å². The molecule has 160 valence electrons. The number of nitrogen functional groups attached to an aromatic ring is 1. The lowest BCUT2D eigenvalue weighted by Crippen LogP contribution is -2.49. The Bertz CT molecular complexity index is 1100. The van der Waals surface area contributed by atoms with Crippen molar-refractivity contribution in [1.29, 1.82) is 0 Å². The molecule has 1 aliphatic heterocycles. The van der Waals surface area contributed by atoms with Gasteiger partial charge in [0.1, 0.15) is 0 Å². The van der Waals surface area contributed by atoms with Crippen molar-refractivity contribution in [3.63, 3.8) is 0 Å². The predicted molar refractivity (Wildman–Crippen MR) is 111 cm³/mol. The van der Waals surface area contributed by atoms with Crippen LogP contribution in [0, 0.1) is 0 Å². The smallest absolute Gasteiger partial charge is 0.340 e. The molecule has 2 aromatic rings. The quantitative estimate of drug-likeness (QED) is 0.506. The number of ketones is 2. The highest BCUT2D eigenvalue weighted by Gasteiger charge is 2.33. The van der Waals surface area contributed by atoms with Crippen LogP contribution in [-0.4, -0.2) is 60.2 Å². The highest BCUT2D eigenvalue weighted by molar-refractivity contribution is 6.30. The number of ether oxygens (including phenoxy) is 2. The van der Waals surface area contributed by atoms with Crippen LogP contribution in [0.4, 0.5) is 5.69 Å². The van der Waals surface area contributed by atoms with E-state index in [-0.39, 0.29) is 51.8 Å². The average molecular weight is 422 g/mol. The number of carbonyl (C=O) groups is 4. The van der Waals surface area contributed by atoms with Crippen LogP contribution in [0.3, 0.4) is 0 Å². The summed E-state index contributed by atoms with van der Waals surface area (Å²) >= 11 is 0.